The largest absolute Gasteiger partial charge is 0.378 e. The average molecular weight is 409 g/mol. The number of guanidine groups is 1. The molecule has 1 aromatic carbocycles. The third-order valence-corrected chi connectivity index (χ3v) is 5.63. The Kier molecular flexibility index (Phi) is 7.03. The number of piperazine rings is 1. The lowest BCUT2D eigenvalue weighted by Gasteiger charge is -2.37. The standard InChI is InChI=1S/C23H32N6O/c1-2-24-23(29-13-11-28(12-14-29)22-9-5-6-10-25-22)26-19-20-7-3-4-8-21(20)27-15-17-30-18-16-27/h3-10H,2,11-19H2,1H3,(H,24,26). The summed E-state index contributed by atoms with van der Waals surface area (Å²) in [5.41, 5.74) is 2.54. The van der Waals surface area contributed by atoms with E-state index in [-0.39, 0.29) is 0 Å². The van der Waals surface area contributed by atoms with Gasteiger partial charge in [-0.25, -0.2) is 9.98 Å². The van der Waals surface area contributed by atoms with Crippen molar-refractivity contribution >= 4 is 17.5 Å². The predicted octanol–water partition coefficient (Wildman–Crippen LogP) is 2.21. The molecule has 0 spiro atoms. The van der Waals surface area contributed by atoms with E-state index in [1.165, 1.54) is 11.3 Å². The minimum absolute atomic E-state index is 0.677. The van der Waals surface area contributed by atoms with Crippen LogP contribution >= 0.6 is 0 Å². The van der Waals surface area contributed by atoms with Gasteiger partial charge in [0.05, 0.1) is 19.8 Å². The number of hydrogen-bond acceptors (Lipinski definition) is 5. The van der Waals surface area contributed by atoms with Crippen molar-refractivity contribution in [3.63, 3.8) is 0 Å². The van der Waals surface area contributed by atoms with Gasteiger partial charge in [-0.1, -0.05) is 24.3 Å². The van der Waals surface area contributed by atoms with Crippen LogP contribution in [0.1, 0.15) is 12.5 Å². The summed E-state index contributed by atoms with van der Waals surface area (Å²) < 4.78 is 5.52. The van der Waals surface area contributed by atoms with Crippen LogP contribution in [0.3, 0.4) is 0 Å². The van der Waals surface area contributed by atoms with Gasteiger partial charge in [0, 0.05) is 57.7 Å². The number of pyridine rings is 1. The third kappa shape index (κ3) is 5.02. The summed E-state index contributed by atoms with van der Waals surface area (Å²) in [6, 6.07) is 14.7. The van der Waals surface area contributed by atoms with E-state index in [1.807, 2.05) is 18.3 Å². The quantitative estimate of drug-likeness (QED) is 0.605. The molecule has 7 heteroatoms. The summed E-state index contributed by atoms with van der Waals surface area (Å²) in [6.45, 7) is 10.9. The highest BCUT2D eigenvalue weighted by Gasteiger charge is 2.21. The van der Waals surface area contributed by atoms with Crippen molar-refractivity contribution in [2.75, 3.05) is 68.8 Å². The first-order chi connectivity index (χ1) is 14.8. The Balaban J connectivity index is 1.42. The second-order valence-corrected chi connectivity index (χ2v) is 7.56. The van der Waals surface area contributed by atoms with Gasteiger partial charge in [0.1, 0.15) is 5.82 Å². The highest BCUT2D eigenvalue weighted by atomic mass is 16.5. The van der Waals surface area contributed by atoms with E-state index in [2.05, 4.69) is 62.3 Å². The zero-order chi connectivity index (χ0) is 20.6. The Morgan fingerprint density at radius 3 is 2.47 bits per heavy atom. The molecule has 0 unspecified atom stereocenters. The first-order valence-electron chi connectivity index (χ1n) is 10.9. The molecule has 0 radical (unpaired) electrons. The van der Waals surface area contributed by atoms with E-state index >= 15 is 0 Å². The molecule has 2 aliphatic rings. The van der Waals surface area contributed by atoms with Gasteiger partial charge < -0.3 is 24.8 Å². The molecule has 2 aliphatic heterocycles. The molecule has 2 aromatic rings. The molecule has 0 atom stereocenters. The molecule has 30 heavy (non-hydrogen) atoms. The van der Waals surface area contributed by atoms with Crippen molar-refractivity contribution in [2.24, 2.45) is 4.99 Å². The zero-order valence-electron chi connectivity index (χ0n) is 17.8. The molecule has 0 amide bonds. The Hall–Kier alpha value is -2.80. The number of rotatable bonds is 5. The fourth-order valence-corrected chi connectivity index (χ4v) is 4.03. The lowest BCUT2D eigenvalue weighted by Crippen LogP contribution is -2.52. The highest BCUT2D eigenvalue weighted by Crippen LogP contribution is 2.22. The number of morpholine rings is 1. The molecule has 3 heterocycles. The number of anilines is 2. The average Bonchev–Trinajstić information content (AvgIpc) is 2.83. The summed E-state index contributed by atoms with van der Waals surface area (Å²) in [6.07, 6.45) is 1.86. The molecule has 7 nitrogen and oxygen atoms in total. The van der Waals surface area contributed by atoms with Crippen LogP contribution in [0.15, 0.2) is 53.7 Å². The van der Waals surface area contributed by atoms with Gasteiger partial charge in [0.15, 0.2) is 5.96 Å². The van der Waals surface area contributed by atoms with Gasteiger partial charge in [-0.3, -0.25) is 0 Å². The lowest BCUT2D eigenvalue weighted by molar-refractivity contribution is 0.122. The number of ether oxygens (including phenoxy) is 1. The lowest BCUT2D eigenvalue weighted by atomic mass is 10.1. The number of aliphatic imine (C=N–C) groups is 1. The van der Waals surface area contributed by atoms with Crippen molar-refractivity contribution in [3.05, 3.63) is 54.2 Å². The van der Waals surface area contributed by atoms with Crippen molar-refractivity contribution in [1.29, 1.82) is 0 Å². The van der Waals surface area contributed by atoms with Crippen LogP contribution in [0.25, 0.3) is 0 Å². The second kappa shape index (κ2) is 10.3. The molecule has 0 saturated carbocycles. The number of benzene rings is 1. The van der Waals surface area contributed by atoms with E-state index in [4.69, 9.17) is 9.73 Å². The third-order valence-electron chi connectivity index (χ3n) is 5.63. The van der Waals surface area contributed by atoms with Crippen LogP contribution in [0.5, 0.6) is 0 Å². The normalized spacial score (nSPS) is 17.9. The number of nitrogens with one attached hydrogen (secondary N) is 1. The molecule has 4 rings (SSSR count). The monoisotopic (exact) mass is 408 g/mol. The number of nitrogens with zero attached hydrogens (tertiary/aromatic N) is 5. The molecule has 160 valence electrons. The fourth-order valence-electron chi connectivity index (χ4n) is 4.03. The molecule has 1 N–H and O–H groups in total. The van der Waals surface area contributed by atoms with Gasteiger partial charge in [-0.05, 0) is 30.7 Å². The van der Waals surface area contributed by atoms with Crippen molar-refractivity contribution in [1.82, 2.24) is 15.2 Å². The molecule has 2 fully saturated rings. The van der Waals surface area contributed by atoms with Crippen LogP contribution in [0.4, 0.5) is 11.5 Å². The smallest absolute Gasteiger partial charge is 0.194 e. The van der Waals surface area contributed by atoms with Crippen molar-refractivity contribution in [3.8, 4) is 0 Å². The van der Waals surface area contributed by atoms with Crippen molar-refractivity contribution in [2.45, 2.75) is 13.5 Å². The summed E-state index contributed by atoms with van der Waals surface area (Å²) >= 11 is 0. The van der Waals surface area contributed by atoms with Crippen LogP contribution in [-0.4, -0.2) is 74.9 Å². The van der Waals surface area contributed by atoms with Crippen molar-refractivity contribution < 1.29 is 4.74 Å². The molecular weight excluding hydrogens is 376 g/mol. The van der Waals surface area contributed by atoms with E-state index in [1.54, 1.807) is 0 Å². The summed E-state index contributed by atoms with van der Waals surface area (Å²) in [4.78, 5) is 16.6. The second-order valence-electron chi connectivity index (χ2n) is 7.56. The Morgan fingerprint density at radius 1 is 0.967 bits per heavy atom. The van der Waals surface area contributed by atoms with Gasteiger partial charge >= 0.3 is 0 Å². The Morgan fingerprint density at radius 2 is 1.73 bits per heavy atom. The predicted molar refractivity (Wildman–Crippen MR) is 122 cm³/mol. The molecule has 0 bridgehead atoms. The first-order valence-corrected chi connectivity index (χ1v) is 10.9. The zero-order valence-corrected chi connectivity index (χ0v) is 17.8. The van der Waals surface area contributed by atoms with Crippen LogP contribution in [-0.2, 0) is 11.3 Å². The van der Waals surface area contributed by atoms with E-state index in [0.717, 1.165) is 70.8 Å². The van der Waals surface area contributed by atoms with Gasteiger partial charge in [0.25, 0.3) is 0 Å². The first kappa shape index (κ1) is 20.5. The van der Waals surface area contributed by atoms with E-state index in [9.17, 15) is 0 Å². The highest BCUT2D eigenvalue weighted by molar-refractivity contribution is 5.80. The van der Waals surface area contributed by atoms with Gasteiger partial charge in [0.2, 0.25) is 0 Å². The van der Waals surface area contributed by atoms with Gasteiger partial charge in [-0.2, -0.15) is 0 Å². The number of aromatic nitrogens is 1. The molecule has 2 saturated heterocycles. The fraction of sp³-hybridized carbons (Fsp3) is 0.478. The van der Waals surface area contributed by atoms with Crippen LogP contribution in [0.2, 0.25) is 0 Å². The minimum atomic E-state index is 0.677. The minimum Gasteiger partial charge on any atom is -0.378 e. The van der Waals surface area contributed by atoms with E-state index in [0.29, 0.717) is 6.54 Å². The Bertz CT molecular complexity index is 813. The summed E-state index contributed by atoms with van der Waals surface area (Å²) in [5, 5.41) is 3.48. The van der Waals surface area contributed by atoms with E-state index < -0.39 is 0 Å². The summed E-state index contributed by atoms with van der Waals surface area (Å²) in [5.74, 6) is 2.05. The molecule has 0 aliphatic carbocycles. The number of hydrogen-bond donors (Lipinski definition) is 1. The number of para-hydroxylation sites is 1. The van der Waals surface area contributed by atoms with Crippen LogP contribution < -0.4 is 15.1 Å². The van der Waals surface area contributed by atoms with Gasteiger partial charge in [-0.15, -0.1) is 0 Å². The van der Waals surface area contributed by atoms with Crippen LogP contribution in [0, 0.1) is 0 Å². The maximum Gasteiger partial charge on any atom is 0.194 e. The SMILES string of the molecule is CCNC(=NCc1ccccc1N1CCOCC1)N1CCN(c2ccccn2)CC1. The topological polar surface area (TPSA) is 56.2 Å². The summed E-state index contributed by atoms with van der Waals surface area (Å²) in [7, 11) is 0. The Labute approximate surface area is 179 Å². The molecular formula is C23H32N6O. The maximum absolute atomic E-state index is 5.52. The molecule has 1 aromatic heterocycles. The maximum atomic E-state index is 5.52.